The number of aliphatic hydroxyl groups excluding tert-OH is 2. The summed E-state index contributed by atoms with van der Waals surface area (Å²) in [5.74, 6) is -0.294. The summed E-state index contributed by atoms with van der Waals surface area (Å²) < 4.78 is 10.1. The molecule has 22 heavy (non-hydrogen) atoms. The maximum absolute atomic E-state index is 11.3. The van der Waals surface area contributed by atoms with Crippen molar-refractivity contribution in [3.8, 4) is 17.2 Å². The molecule has 0 spiro atoms. The lowest BCUT2D eigenvalue weighted by atomic mass is 10.2. The van der Waals surface area contributed by atoms with Crippen LogP contribution in [0.25, 0.3) is 0 Å². The zero-order valence-electron chi connectivity index (χ0n) is 12.1. The minimum atomic E-state index is -0.685. The molecule has 0 aromatic heterocycles. The molecule has 8 heteroatoms. The largest absolute Gasteiger partial charge is 0.507 e. The van der Waals surface area contributed by atoms with Gasteiger partial charge in [0.05, 0.1) is 6.61 Å². The van der Waals surface area contributed by atoms with E-state index in [1.165, 1.54) is 12.1 Å². The minimum absolute atomic E-state index is 0.0350. The second kappa shape index (κ2) is 9.69. The highest BCUT2D eigenvalue weighted by Gasteiger charge is 2.12. The van der Waals surface area contributed by atoms with Crippen LogP contribution in [0.4, 0.5) is 4.79 Å². The monoisotopic (exact) mass is 315 g/mol. The van der Waals surface area contributed by atoms with Crippen LogP contribution in [0.5, 0.6) is 17.2 Å². The number of carbonyl (C=O) groups excluding carboxylic acids is 1. The zero-order chi connectivity index (χ0) is 16.4. The van der Waals surface area contributed by atoms with Crippen molar-refractivity contribution in [1.82, 2.24) is 5.32 Å². The first-order chi connectivity index (χ1) is 10.6. The number of amides is 1. The van der Waals surface area contributed by atoms with E-state index in [1.807, 2.05) is 0 Å². The average molecular weight is 315 g/mol. The van der Waals surface area contributed by atoms with Crippen molar-refractivity contribution in [2.45, 2.75) is 19.4 Å². The van der Waals surface area contributed by atoms with Crippen molar-refractivity contribution in [2.24, 2.45) is 0 Å². The number of hydrogen-bond donors (Lipinski definition) is 5. The third-order valence-electron chi connectivity index (χ3n) is 2.68. The van der Waals surface area contributed by atoms with Crippen molar-refractivity contribution in [2.75, 3.05) is 26.4 Å². The molecule has 0 saturated carbocycles. The molecule has 8 nitrogen and oxygen atoms in total. The number of carbonyl (C=O) groups is 1. The highest BCUT2D eigenvalue weighted by Crippen LogP contribution is 2.33. The lowest BCUT2D eigenvalue weighted by Crippen LogP contribution is -2.25. The van der Waals surface area contributed by atoms with Crippen molar-refractivity contribution >= 4 is 6.09 Å². The van der Waals surface area contributed by atoms with Gasteiger partial charge in [-0.15, -0.1) is 0 Å². The lowest BCUT2D eigenvalue weighted by molar-refractivity contribution is 0.137. The van der Waals surface area contributed by atoms with Crippen LogP contribution >= 0.6 is 0 Å². The number of phenolic OH excluding ortho intramolecular Hbond substituents is 2. The normalized spacial score (nSPS) is 10.3. The van der Waals surface area contributed by atoms with Gasteiger partial charge in [0, 0.05) is 37.8 Å². The fourth-order valence-corrected chi connectivity index (χ4v) is 1.54. The van der Waals surface area contributed by atoms with Crippen LogP contribution in [-0.2, 0) is 11.3 Å². The summed E-state index contributed by atoms with van der Waals surface area (Å²) in [6, 6.07) is 2.46. The van der Waals surface area contributed by atoms with E-state index >= 15 is 0 Å². The van der Waals surface area contributed by atoms with Gasteiger partial charge in [-0.2, -0.15) is 0 Å². The van der Waals surface area contributed by atoms with Crippen LogP contribution in [0.15, 0.2) is 12.1 Å². The number of alkyl carbamates (subject to hydrolysis) is 1. The maximum atomic E-state index is 11.3. The molecule has 0 aliphatic carbocycles. The van der Waals surface area contributed by atoms with Crippen LogP contribution in [0.2, 0.25) is 0 Å². The van der Waals surface area contributed by atoms with E-state index in [0.29, 0.717) is 12.8 Å². The molecule has 0 aliphatic heterocycles. The molecule has 0 unspecified atom stereocenters. The number of hydrogen-bond acceptors (Lipinski definition) is 7. The lowest BCUT2D eigenvalue weighted by Gasteiger charge is -2.12. The molecular weight excluding hydrogens is 294 g/mol. The molecule has 1 aromatic carbocycles. The first kappa shape index (κ1) is 17.9. The number of phenols is 2. The Balaban J connectivity index is 2.53. The van der Waals surface area contributed by atoms with E-state index in [0.717, 1.165) is 0 Å². The summed E-state index contributed by atoms with van der Waals surface area (Å²) in [5.41, 5.74) is 0.226. The smallest absolute Gasteiger partial charge is 0.407 e. The first-order valence-electron chi connectivity index (χ1n) is 6.88. The quantitative estimate of drug-likeness (QED) is 0.331. The summed E-state index contributed by atoms with van der Waals surface area (Å²) in [5, 5.41) is 39.2. The van der Waals surface area contributed by atoms with Crippen LogP contribution in [0, 0.1) is 0 Å². The van der Waals surface area contributed by atoms with Crippen molar-refractivity contribution < 1.29 is 34.7 Å². The molecule has 0 atom stereocenters. The van der Waals surface area contributed by atoms with Gasteiger partial charge in [0.15, 0.2) is 11.5 Å². The summed E-state index contributed by atoms with van der Waals surface area (Å²) in [6.45, 7) is 0.189. The molecule has 5 N–H and O–H groups in total. The van der Waals surface area contributed by atoms with Gasteiger partial charge in [-0.3, -0.25) is 0 Å². The van der Waals surface area contributed by atoms with Crippen molar-refractivity contribution in [3.63, 3.8) is 0 Å². The average Bonchev–Trinajstić information content (AvgIpc) is 2.49. The first-order valence-corrected chi connectivity index (χ1v) is 6.88. The molecule has 0 heterocycles. The molecule has 1 amide bonds. The number of benzene rings is 1. The standard InChI is InChI=1S/C14H21NO7/c16-4-1-3-15-14(20)22-9-10-7-12(19)13(8-11(10)18)21-6-2-5-17/h7-8,16-19H,1-6,9H2,(H,15,20). The molecule has 0 aliphatic rings. The van der Waals surface area contributed by atoms with E-state index in [-0.39, 0.29) is 55.8 Å². The van der Waals surface area contributed by atoms with Gasteiger partial charge in [0.1, 0.15) is 12.4 Å². The summed E-state index contributed by atoms with van der Waals surface area (Å²) in [6.07, 6.45) is 0.135. The topological polar surface area (TPSA) is 128 Å². The second-order valence-corrected chi connectivity index (χ2v) is 4.45. The molecule has 0 radical (unpaired) electrons. The molecule has 124 valence electrons. The van der Waals surface area contributed by atoms with Gasteiger partial charge in [0.2, 0.25) is 0 Å². The number of nitrogens with one attached hydrogen (secondary N) is 1. The van der Waals surface area contributed by atoms with Gasteiger partial charge < -0.3 is 35.2 Å². The van der Waals surface area contributed by atoms with Gasteiger partial charge in [0.25, 0.3) is 0 Å². The van der Waals surface area contributed by atoms with E-state index in [4.69, 9.17) is 19.7 Å². The zero-order valence-corrected chi connectivity index (χ0v) is 12.1. The predicted molar refractivity (Wildman–Crippen MR) is 76.9 cm³/mol. The number of aliphatic hydroxyl groups is 2. The van der Waals surface area contributed by atoms with E-state index in [2.05, 4.69) is 5.32 Å². The van der Waals surface area contributed by atoms with Crippen LogP contribution in [0.3, 0.4) is 0 Å². The SMILES string of the molecule is O=C(NCCCO)OCc1cc(O)c(OCCCO)cc1O. The summed E-state index contributed by atoms with van der Waals surface area (Å²) in [7, 11) is 0. The van der Waals surface area contributed by atoms with Crippen LogP contribution in [-0.4, -0.2) is 52.9 Å². The fraction of sp³-hybridized carbons (Fsp3) is 0.500. The number of rotatable bonds is 9. The highest BCUT2D eigenvalue weighted by molar-refractivity contribution is 5.67. The molecule has 0 fully saturated rings. The minimum Gasteiger partial charge on any atom is -0.507 e. The molecular formula is C14H21NO7. The van der Waals surface area contributed by atoms with Crippen LogP contribution in [0.1, 0.15) is 18.4 Å². The van der Waals surface area contributed by atoms with Gasteiger partial charge in [-0.25, -0.2) is 4.79 Å². The fourth-order valence-electron chi connectivity index (χ4n) is 1.54. The second-order valence-electron chi connectivity index (χ2n) is 4.45. The third kappa shape index (κ3) is 6.06. The number of aromatic hydroxyl groups is 2. The Morgan fingerprint density at radius 1 is 1.09 bits per heavy atom. The summed E-state index contributed by atoms with van der Waals surface area (Å²) in [4.78, 5) is 11.3. The molecule has 0 saturated heterocycles. The summed E-state index contributed by atoms with van der Waals surface area (Å²) >= 11 is 0. The predicted octanol–water partition coefficient (Wildman–Crippen LogP) is 0.468. The van der Waals surface area contributed by atoms with E-state index in [1.54, 1.807) is 0 Å². The Labute approximate surface area is 127 Å². The Kier molecular flexibility index (Phi) is 7.87. The van der Waals surface area contributed by atoms with Crippen molar-refractivity contribution in [1.29, 1.82) is 0 Å². The Hall–Kier alpha value is -2.19. The van der Waals surface area contributed by atoms with Gasteiger partial charge in [-0.05, 0) is 12.5 Å². The molecule has 0 bridgehead atoms. The Bertz CT molecular complexity index is 479. The van der Waals surface area contributed by atoms with Crippen molar-refractivity contribution in [3.05, 3.63) is 17.7 Å². The highest BCUT2D eigenvalue weighted by atomic mass is 16.5. The molecule has 1 aromatic rings. The van der Waals surface area contributed by atoms with Crippen LogP contribution < -0.4 is 10.1 Å². The maximum Gasteiger partial charge on any atom is 0.407 e. The molecule has 1 rings (SSSR count). The van der Waals surface area contributed by atoms with Gasteiger partial charge in [-0.1, -0.05) is 0 Å². The van der Waals surface area contributed by atoms with Gasteiger partial charge >= 0.3 is 6.09 Å². The van der Waals surface area contributed by atoms with E-state index in [9.17, 15) is 15.0 Å². The van der Waals surface area contributed by atoms with E-state index < -0.39 is 6.09 Å². The Morgan fingerprint density at radius 2 is 1.82 bits per heavy atom. The third-order valence-corrected chi connectivity index (χ3v) is 2.68. The Morgan fingerprint density at radius 3 is 2.50 bits per heavy atom. The number of ether oxygens (including phenoxy) is 2.